The lowest BCUT2D eigenvalue weighted by molar-refractivity contribution is -0.148. The van der Waals surface area contributed by atoms with Gasteiger partial charge in [0.05, 0.1) is 0 Å². The summed E-state index contributed by atoms with van der Waals surface area (Å²) in [6.45, 7) is 6.99. The van der Waals surface area contributed by atoms with Crippen LogP contribution < -0.4 is 5.32 Å². The molecule has 0 saturated heterocycles. The van der Waals surface area contributed by atoms with Gasteiger partial charge in [-0.25, -0.2) is 14.2 Å². The highest BCUT2D eigenvalue weighted by Crippen LogP contribution is 2.23. The van der Waals surface area contributed by atoms with Gasteiger partial charge in [-0.15, -0.1) is 11.3 Å². The fraction of sp³-hybridized carbons (Fsp3) is 0.227. The highest BCUT2D eigenvalue weighted by Gasteiger charge is 2.17. The molecule has 0 aliphatic heterocycles. The zero-order valence-corrected chi connectivity index (χ0v) is 17.9. The highest BCUT2D eigenvalue weighted by atomic mass is 32.1. The molecule has 3 aromatic rings. The average molecular weight is 428 g/mol. The Balaban J connectivity index is 1.62. The first kappa shape index (κ1) is 21.4. The molecule has 0 radical (unpaired) electrons. The van der Waals surface area contributed by atoms with E-state index in [1.807, 2.05) is 29.9 Å². The number of thiazole rings is 1. The second kappa shape index (κ2) is 9.04. The van der Waals surface area contributed by atoms with Gasteiger partial charge in [-0.1, -0.05) is 6.07 Å². The summed E-state index contributed by atoms with van der Waals surface area (Å²) < 4.78 is 20.8. The van der Waals surface area contributed by atoms with Gasteiger partial charge in [0.15, 0.2) is 11.2 Å². The van der Waals surface area contributed by atoms with E-state index in [-0.39, 0.29) is 0 Å². The second-order valence-corrected chi connectivity index (χ2v) is 7.72. The third kappa shape index (κ3) is 4.83. The number of nitrogens with zero attached hydrogens (tertiary/aromatic N) is 2. The van der Waals surface area contributed by atoms with Crippen molar-refractivity contribution in [3.63, 3.8) is 0 Å². The molecule has 0 spiro atoms. The minimum atomic E-state index is -1.03. The van der Waals surface area contributed by atoms with Gasteiger partial charge >= 0.3 is 5.97 Å². The Morgan fingerprint density at radius 3 is 2.70 bits per heavy atom. The monoisotopic (exact) mass is 427 g/mol. The number of benzene rings is 1. The van der Waals surface area contributed by atoms with Gasteiger partial charge in [-0.05, 0) is 63.1 Å². The van der Waals surface area contributed by atoms with Crippen LogP contribution in [0.15, 0.2) is 41.9 Å². The molecule has 8 heteroatoms. The fourth-order valence-electron chi connectivity index (χ4n) is 2.92. The van der Waals surface area contributed by atoms with Crippen LogP contribution >= 0.6 is 11.3 Å². The van der Waals surface area contributed by atoms with Crippen LogP contribution in [0.1, 0.15) is 29.4 Å². The van der Waals surface area contributed by atoms with Gasteiger partial charge in [0.25, 0.3) is 5.91 Å². The van der Waals surface area contributed by atoms with Crippen LogP contribution in [0.5, 0.6) is 0 Å². The molecule has 30 heavy (non-hydrogen) atoms. The molecule has 1 atom stereocenters. The van der Waals surface area contributed by atoms with Crippen molar-refractivity contribution in [2.24, 2.45) is 0 Å². The van der Waals surface area contributed by atoms with Gasteiger partial charge in [0, 0.05) is 34.7 Å². The molecule has 6 nitrogen and oxygen atoms in total. The number of amides is 1. The lowest BCUT2D eigenvalue weighted by Gasteiger charge is -2.12. The SMILES string of the molecule is Cc1ccc(NC(=O)C(C)OC(=O)/C=C/c2cc(C)n(-c3nccs3)c2C)cc1F. The molecular formula is C22H22FN3O3S. The van der Waals surface area contributed by atoms with Crippen molar-refractivity contribution in [3.8, 4) is 5.13 Å². The summed E-state index contributed by atoms with van der Waals surface area (Å²) >= 11 is 1.52. The van der Waals surface area contributed by atoms with Crippen LogP contribution in [-0.2, 0) is 14.3 Å². The van der Waals surface area contributed by atoms with Gasteiger partial charge in [0.2, 0.25) is 0 Å². The Hall–Kier alpha value is -3.26. The van der Waals surface area contributed by atoms with Crippen molar-refractivity contribution in [2.45, 2.75) is 33.8 Å². The smallest absolute Gasteiger partial charge is 0.331 e. The summed E-state index contributed by atoms with van der Waals surface area (Å²) in [6, 6.07) is 6.32. The first-order valence-corrected chi connectivity index (χ1v) is 10.2. The standard InChI is InChI=1S/C22H22FN3O3S/c1-13-5-7-18(12-19(13)23)25-21(28)16(4)29-20(27)8-6-17-11-14(2)26(15(17)3)22-24-9-10-30-22/h5-12,16H,1-4H3,(H,25,28)/b8-6+. The number of anilines is 1. The molecule has 0 aliphatic carbocycles. The number of aryl methyl sites for hydroxylation is 2. The predicted octanol–water partition coefficient (Wildman–Crippen LogP) is 4.58. The summed E-state index contributed by atoms with van der Waals surface area (Å²) in [5.41, 5.74) is 3.57. The maximum Gasteiger partial charge on any atom is 0.331 e. The van der Waals surface area contributed by atoms with Crippen LogP contribution in [0.3, 0.4) is 0 Å². The molecule has 2 aromatic heterocycles. The Morgan fingerprint density at radius 2 is 2.03 bits per heavy atom. The number of hydrogen-bond donors (Lipinski definition) is 1. The number of carbonyl (C=O) groups is 2. The molecular weight excluding hydrogens is 405 g/mol. The molecule has 2 heterocycles. The number of carbonyl (C=O) groups excluding carboxylic acids is 2. The van der Waals surface area contributed by atoms with E-state index in [1.54, 1.807) is 31.3 Å². The lowest BCUT2D eigenvalue weighted by atomic mass is 10.2. The number of halogens is 1. The number of hydrogen-bond acceptors (Lipinski definition) is 5. The fourth-order valence-corrected chi connectivity index (χ4v) is 3.67. The summed E-state index contributed by atoms with van der Waals surface area (Å²) in [5, 5.41) is 5.29. The van der Waals surface area contributed by atoms with Crippen molar-refractivity contribution in [1.29, 1.82) is 0 Å². The maximum absolute atomic E-state index is 13.6. The van der Waals surface area contributed by atoms with E-state index in [1.165, 1.54) is 30.4 Å². The summed E-state index contributed by atoms with van der Waals surface area (Å²) in [5.74, 6) is -1.61. The molecule has 1 N–H and O–H groups in total. The van der Waals surface area contributed by atoms with Crippen LogP contribution in [0.4, 0.5) is 10.1 Å². The predicted molar refractivity (Wildman–Crippen MR) is 115 cm³/mol. The minimum absolute atomic E-state index is 0.302. The van der Waals surface area contributed by atoms with Crippen LogP contribution in [0.2, 0.25) is 0 Å². The van der Waals surface area contributed by atoms with Crippen molar-refractivity contribution in [3.05, 3.63) is 70.3 Å². The molecule has 1 unspecified atom stereocenters. The van der Waals surface area contributed by atoms with E-state index >= 15 is 0 Å². The van der Waals surface area contributed by atoms with Gasteiger partial charge in [0.1, 0.15) is 5.82 Å². The lowest BCUT2D eigenvalue weighted by Crippen LogP contribution is -2.29. The van der Waals surface area contributed by atoms with Gasteiger partial charge in [-0.2, -0.15) is 0 Å². The molecule has 0 bridgehead atoms. The quantitative estimate of drug-likeness (QED) is 0.462. The van der Waals surface area contributed by atoms with Crippen molar-refractivity contribution in [1.82, 2.24) is 9.55 Å². The molecule has 1 amide bonds. The highest BCUT2D eigenvalue weighted by molar-refractivity contribution is 7.12. The number of esters is 1. The maximum atomic E-state index is 13.6. The molecule has 156 valence electrons. The van der Waals surface area contributed by atoms with Crippen molar-refractivity contribution < 1.29 is 18.7 Å². The Morgan fingerprint density at radius 1 is 1.27 bits per heavy atom. The van der Waals surface area contributed by atoms with E-state index in [2.05, 4.69) is 10.3 Å². The van der Waals surface area contributed by atoms with E-state index < -0.39 is 23.8 Å². The second-order valence-electron chi connectivity index (χ2n) is 6.84. The summed E-state index contributed by atoms with van der Waals surface area (Å²) in [4.78, 5) is 28.7. The van der Waals surface area contributed by atoms with E-state index in [4.69, 9.17) is 4.74 Å². The van der Waals surface area contributed by atoms with Crippen LogP contribution in [-0.4, -0.2) is 27.5 Å². The molecule has 1 aromatic carbocycles. The molecule has 0 fully saturated rings. The Bertz CT molecular complexity index is 1100. The number of rotatable bonds is 6. The average Bonchev–Trinajstić information content (AvgIpc) is 3.30. The zero-order valence-electron chi connectivity index (χ0n) is 17.1. The van der Waals surface area contributed by atoms with Crippen LogP contribution in [0.25, 0.3) is 11.2 Å². The third-order valence-corrected chi connectivity index (χ3v) is 5.34. The first-order valence-electron chi connectivity index (χ1n) is 9.30. The summed E-state index contributed by atoms with van der Waals surface area (Å²) in [7, 11) is 0. The van der Waals surface area contributed by atoms with Crippen molar-refractivity contribution in [2.75, 3.05) is 5.32 Å². The normalized spacial score (nSPS) is 12.2. The Labute approximate surface area is 178 Å². The largest absolute Gasteiger partial charge is 0.449 e. The van der Waals surface area contributed by atoms with E-state index in [0.29, 0.717) is 11.3 Å². The first-order chi connectivity index (χ1) is 14.3. The molecule has 0 saturated carbocycles. The molecule has 0 aliphatic rings. The summed E-state index contributed by atoms with van der Waals surface area (Å²) in [6.07, 6.45) is 3.63. The van der Waals surface area contributed by atoms with Gasteiger partial charge < -0.3 is 10.1 Å². The van der Waals surface area contributed by atoms with E-state index in [9.17, 15) is 14.0 Å². The molecule has 3 rings (SSSR count). The van der Waals surface area contributed by atoms with Crippen LogP contribution in [0, 0.1) is 26.6 Å². The van der Waals surface area contributed by atoms with Gasteiger partial charge in [-0.3, -0.25) is 9.36 Å². The zero-order chi connectivity index (χ0) is 21.8. The Kier molecular flexibility index (Phi) is 6.47. The van der Waals surface area contributed by atoms with E-state index in [0.717, 1.165) is 22.1 Å². The number of ether oxygens (including phenoxy) is 1. The topological polar surface area (TPSA) is 73.2 Å². The van der Waals surface area contributed by atoms with Crippen molar-refractivity contribution >= 4 is 35.0 Å². The minimum Gasteiger partial charge on any atom is -0.449 e. The number of aromatic nitrogens is 2. The third-order valence-electron chi connectivity index (χ3n) is 4.58. The number of nitrogens with one attached hydrogen (secondary N) is 1.